The van der Waals surface area contributed by atoms with E-state index in [1.54, 1.807) is 0 Å². The highest BCUT2D eigenvalue weighted by atomic mass is 15.3. The Morgan fingerprint density at radius 3 is 1.43 bits per heavy atom. The first-order valence-electron chi connectivity index (χ1n) is 19.0. The van der Waals surface area contributed by atoms with Gasteiger partial charge in [0, 0.05) is 27.1 Å². The van der Waals surface area contributed by atoms with Gasteiger partial charge in [-0.15, -0.1) is 0 Å². The molecule has 0 bridgehead atoms. The summed E-state index contributed by atoms with van der Waals surface area (Å²) in [4.78, 5) is 16.2. The molecule has 5 nitrogen and oxygen atoms in total. The molecule has 268 valence electrons. The summed E-state index contributed by atoms with van der Waals surface area (Å²) in [5.41, 5.74) is 10.3. The fourth-order valence-electron chi connectivity index (χ4n) is 7.81. The van der Waals surface area contributed by atoms with Crippen LogP contribution in [0.4, 0.5) is 0 Å². The summed E-state index contributed by atoms with van der Waals surface area (Å²) in [6, 6.07) is 37.3. The van der Waals surface area contributed by atoms with Crippen molar-refractivity contribution >= 4 is 43.6 Å². The number of rotatable bonds is 4. The van der Waals surface area contributed by atoms with Crippen molar-refractivity contribution < 1.29 is 0 Å². The highest BCUT2D eigenvalue weighted by Crippen LogP contribution is 2.43. The maximum absolute atomic E-state index is 5.52. The molecule has 0 fully saturated rings. The van der Waals surface area contributed by atoms with E-state index in [1.807, 2.05) is 6.07 Å². The maximum atomic E-state index is 5.52. The van der Waals surface area contributed by atoms with Crippen molar-refractivity contribution in [3.05, 3.63) is 125 Å². The zero-order valence-electron chi connectivity index (χ0n) is 33.1. The number of nitrogens with zero attached hydrogens (tertiary/aromatic N) is 5. The molecule has 3 heterocycles. The van der Waals surface area contributed by atoms with Crippen LogP contribution in [0.2, 0.25) is 0 Å². The van der Waals surface area contributed by atoms with Gasteiger partial charge in [-0.3, -0.25) is 9.13 Å². The second-order valence-corrected chi connectivity index (χ2v) is 18.1. The van der Waals surface area contributed by atoms with Crippen LogP contribution < -0.4 is 0 Å². The van der Waals surface area contributed by atoms with Crippen molar-refractivity contribution in [2.75, 3.05) is 0 Å². The predicted octanol–water partition coefficient (Wildman–Crippen LogP) is 12.7. The van der Waals surface area contributed by atoms with E-state index in [0.29, 0.717) is 23.6 Å². The van der Waals surface area contributed by atoms with E-state index >= 15 is 0 Å². The SMILES string of the molecule is CC(C)c1cc(C(C)(C)C)c2c(c1)c1ccccc1n2-c1nc(-c2ccccc2)nc(-n2c3ccccc3c3cc(C(C)(C)C)cc(C(C)(C)C)c32)n1. The number of para-hydroxylation sites is 2. The summed E-state index contributed by atoms with van der Waals surface area (Å²) < 4.78 is 4.59. The summed E-state index contributed by atoms with van der Waals surface area (Å²) in [5.74, 6) is 2.25. The molecule has 0 saturated carbocycles. The summed E-state index contributed by atoms with van der Waals surface area (Å²) >= 11 is 0. The smallest absolute Gasteiger partial charge is 0.240 e. The van der Waals surface area contributed by atoms with E-state index in [2.05, 4.69) is 182 Å². The van der Waals surface area contributed by atoms with Gasteiger partial charge < -0.3 is 0 Å². The number of hydrogen-bond acceptors (Lipinski definition) is 3. The van der Waals surface area contributed by atoms with Gasteiger partial charge >= 0.3 is 0 Å². The molecule has 0 saturated heterocycles. The lowest BCUT2D eigenvalue weighted by Crippen LogP contribution is -2.18. The highest BCUT2D eigenvalue weighted by Gasteiger charge is 2.29. The predicted molar refractivity (Wildman–Crippen MR) is 224 cm³/mol. The van der Waals surface area contributed by atoms with Crippen molar-refractivity contribution in [1.82, 2.24) is 24.1 Å². The minimum Gasteiger partial charge on any atom is -0.277 e. The highest BCUT2D eigenvalue weighted by molar-refractivity contribution is 6.12. The largest absolute Gasteiger partial charge is 0.277 e. The molecule has 0 aliphatic heterocycles. The van der Waals surface area contributed by atoms with Crippen LogP contribution >= 0.6 is 0 Å². The second kappa shape index (κ2) is 12.1. The van der Waals surface area contributed by atoms with Crippen LogP contribution in [0.5, 0.6) is 0 Å². The van der Waals surface area contributed by atoms with E-state index in [1.165, 1.54) is 43.8 Å². The third kappa shape index (κ3) is 5.82. The van der Waals surface area contributed by atoms with Crippen LogP contribution in [0.15, 0.2) is 103 Å². The van der Waals surface area contributed by atoms with E-state index in [-0.39, 0.29) is 16.2 Å². The van der Waals surface area contributed by atoms with Gasteiger partial charge in [0.2, 0.25) is 11.9 Å². The molecule has 3 aromatic heterocycles. The zero-order valence-corrected chi connectivity index (χ0v) is 33.1. The molecule has 0 radical (unpaired) electrons. The average Bonchev–Trinajstić information content (AvgIpc) is 3.63. The summed E-state index contributed by atoms with van der Waals surface area (Å²) in [5, 5.41) is 4.83. The lowest BCUT2D eigenvalue weighted by atomic mass is 9.79. The molecular formula is C48H51N5. The van der Waals surface area contributed by atoms with Gasteiger partial charge in [-0.2, -0.15) is 15.0 Å². The van der Waals surface area contributed by atoms with Gasteiger partial charge in [0.25, 0.3) is 0 Å². The van der Waals surface area contributed by atoms with Crippen LogP contribution in [0.25, 0.3) is 66.9 Å². The molecule has 8 aromatic rings. The Morgan fingerprint density at radius 1 is 0.472 bits per heavy atom. The Morgan fingerprint density at radius 2 is 0.943 bits per heavy atom. The Balaban J connectivity index is 1.56. The molecule has 0 aliphatic rings. The Labute approximate surface area is 313 Å². The van der Waals surface area contributed by atoms with Crippen LogP contribution in [0.3, 0.4) is 0 Å². The van der Waals surface area contributed by atoms with E-state index < -0.39 is 0 Å². The third-order valence-electron chi connectivity index (χ3n) is 10.8. The molecule has 0 spiro atoms. The zero-order chi connectivity index (χ0) is 37.6. The first kappa shape index (κ1) is 34.8. The van der Waals surface area contributed by atoms with Crippen LogP contribution in [-0.4, -0.2) is 24.1 Å². The van der Waals surface area contributed by atoms with Crippen LogP contribution in [-0.2, 0) is 16.2 Å². The quantitative estimate of drug-likeness (QED) is 0.184. The standard InChI is InChI=1S/C48H51N5/c1-29(2)31-25-35-33-21-15-17-23-39(33)52(41(35)37(26-31)47(6,7)8)44-49-43(30-19-13-12-14-20-30)50-45(51-44)53-40-24-18-16-22-34(40)36-27-32(46(3,4)5)28-38(42(36)53)48(9,10)11/h12-29H,1-11H3. The number of fused-ring (bicyclic) bond motifs is 6. The average molecular weight is 698 g/mol. The molecule has 8 rings (SSSR count). The van der Waals surface area contributed by atoms with Gasteiger partial charge in [0.05, 0.1) is 22.1 Å². The van der Waals surface area contributed by atoms with Crippen molar-refractivity contribution in [3.63, 3.8) is 0 Å². The minimum absolute atomic E-state index is 0.0189. The van der Waals surface area contributed by atoms with E-state index in [0.717, 1.165) is 27.6 Å². The summed E-state index contributed by atoms with van der Waals surface area (Å²) in [6.45, 7) is 25.3. The topological polar surface area (TPSA) is 48.5 Å². The fraction of sp³-hybridized carbons (Fsp3) is 0.312. The summed E-state index contributed by atoms with van der Waals surface area (Å²) in [6.07, 6.45) is 0. The molecule has 0 N–H and O–H groups in total. The minimum atomic E-state index is -0.147. The Hall–Kier alpha value is -5.29. The van der Waals surface area contributed by atoms with Crippen LogP contribution in [0.1, 0.15) is 104 Å². The molecule has 0 aliphatic carbocycles. The normalized spacial score (nSPS) is 13.0. The molecular weight excluding hydrogens is 647 g/mol. The molecule has 0 amide bonds. The molecule has 53 heavy (non-hydrogen) atoms. The molecule has 5 heteroatoms. The van der Waals surface area contributed by atoms with Crippen molar-refractivity contribution in [2.24, 2.45) is 0 Å². The van der Waals surface area contributed by atoms with Gasteiger partial charge in [0.15, 0.2) is 5.82 Å². The molecule has 0 unspecified atom stereocenters. The van der Waals surface area contributed by atoms with Crippen molar-refractivity contribution in [2.45, 2.75) is 98.3 Å². The van der Waals surface area contributed by atoms with E-state index in [9.17, 15) is 0 Å². The molecule has 0 atom stereocenters. The number of benzene rings is 5. The maximum Gasteiger partial charge on any atom is 0.240 e. The first-order chi connectivity index (χ1) is 25.0. The third-order valence-corrected chi connectivity index (χ3v) is 10.8. The van der Waals surface area contributed by atoms with Crippen molar-refractivity contribution in [3.8, 4) is 23.3 Å². The Kier molecular flexibility index (Phi) is 7.96. The lowest BCUT2D eigenvalue weighted by molar-refractivity contribution is 0.572. The van der Waals surface area contributed by atoms with E-state index in [4.69, 9.17) is 15.0 Å². The fourth-order valence-corrected chi connectivity index (χ4v) is 7.81. The number of aromatic nitrogens is 5. The first-order valence-corrected chi connectivity index (χ1v) is 19.0. The van der Waals surface area contributed by atoms with Gasteiger partial charge in [-0.25, -0.2) is 0 Å². The van der Waals surface area contributed by atoms with Crippen molar-refractivity contribution in [1.29, 1.82) is 0 Å². The number of hydrogen-bond donors (Lipinski definition) is 0. The monoisotopic (exact) mass is 697 g/mol. The summed E-state index contributed by atoms with van der Waals surface area (Å²) in [7, 11) is 0. The molecule has 5 aromatic carbocycles. The van der Waals surface area contributed by atoms with Gasteiger partial charge in [0.1, 0.15) is 0 Å². The van der Waals surface area contributed by atoms with Gasteiger partial charge in [-0.05, 0) is 68.7 Å². The van der Waals surface area contributed by atoms with Gasteiger partial charge in [-0.1, -0.05) is 155 Å². The van der Waals surface area contributed by atoms with Crippen LogP contribution in [0, 0.1) is 0 Å². The lowest BCUT2D eigenvalue weighted by Gasteiger charge is -2.27. The Bertz CT molecular complexity index is 2690. The second-order valence-electron chi connectivity index (χ2n) is 18.1.